The van der Waals surface area contributed by atoms with E-state index in [1.807, 2.05) is 11.0 Å². The van der Waals surface area contributed by atoms with Crippen molar-refractivity contribution in [1.29, 1.82) is 0 Å². The van der Waals surface area contributed by atoms with Crippen LogP contribution in [-0.2, 0) is 9.53 Å². The highest BCUT2D eigenvalue weighted by atomic mass is 32.1. The summed E-state index contributed by atoms with van der Waals surface area (Å²) < 4.78 is 5.15. The number of nitrogens with zero attached hydrogens (tertiary/aromatic N) is 6. The maximum atomic E-state index is 12.4. The van der Waals surface area contributed by atoms with Crippen molar-refractivity contribution in [2.75, 3.05) is 55.9 Å². The van der Waals surface area contributed by atoms with E-state index in [2.05, 4.69) is 46.4 Å². The van der Waals surface area contributed by atoms with E-state index in [1.165, 1.54) is 11.3 Å². The number of ether oxygens (including phenoxy) is 1. The first-order valence-electron chi connectivity index (χ1n) is 13.1. The number of hydrogen-bond acceptors (Lipinski definition) is 11. The van der Waals surface area contributed by atoms with Gasteiger partial charge in [-0.3, -0.25) is 10.1 Å². The fourth-order valence-electron chi connectivity index (χ4n) is 4.84. The van der Waals surface area contributed by atoms with Gasteiger partial charge in [0.15, 0.2) is 5.13 Å². The van der Waals surface area contributed by atoms with Gasteiger partial charge in [0.1, 0.15) is 22.7 Å². The topological polar surface area (TPSA) is 116 Å². The molecule has 2 aromatic heterocycles. The molecule has 4 rings (SSSR count). The van der Waals surface area contributed by atoms with Crippen LogP contribution in [0.25, 0.3) is 0 Å². The molecule has 0 saturated carbocycles. The highest BCUT2D eigenvalue weighted by Crippen LogP contribution is 2.29. The minimum atomic E-state index is -0.382. The summed E-state index contributed by atoms with van der Waals surface area (Å²) in [6.45, 7) is 8.47. The van der Waals surface area contributed by atoms with Gasteiger partial charge in [0.05, 0.1) is 12.3 Å². The zero-order chi connectivity index (χ0) is 26.5. The maximum Gasteiger partial charge on any atom is 0.350 e. The Morgan fingerprint density at radius 1 is 1.22 bits per heavy atom. The number of likely N-dealkylation sites (tertiary alicyclic amines) is 1. The molecule has 4 heterocycles. The molecule has 11 nitrogen and oxygen atoms in total. The van der Waals surface area contributed by atoms with Crippen LogP contribution in [0.15, 0.2) is 6.07 Å². The molecule has 202 valence electrons. The number of aromatic nitrogens is 3. The molecule has 37 heavy (non-hydrogen) atoms. The summed E-state index contributed by atoms with van der Waals surface area (Å²) in [4.78, 5) is 45.6. The third-order valence-corrected chi connectivity index (χ3v) is 7.95. The number of piperidine rings is 1. The molecule has 0 aromatic carbocycles. The Hall–Kier alpha value is -2.99. The normalized spacial score (nSPS) is 17.4. The van der Waals surface area contributed by atoms with E-state index in [0.29, 0.717) is 46.5 Å². The average molecular weight is 531 g/mol. The summed E-state index contributed by atoms with van der Waals surface area (Å²) in [6.07, 6.45) is 4.20. The van der Waals surface area contributed by atoms with Crippen molar-refractivity contribution in [3.63, 3.8) is 0 Å². The molecule has 12 heteroatoms. The second kappa shape index (κ2) is 12.0. The summed E-state index contributed by atoms with van der Waals surface area (Å²) in [7, 11) is 4.25. The molecule has 1 amide bonds. The van der Waals surface area contributed by atoms with Gasteiger partial charge >= 0.3 is 5.97 Å². The molecular formula is C25H38N8O3S. The predicted molar refractivity (Wildman–Crippen MR) is 146 cm³/mol. The van der Waals surface area contributed by atoms with Crippen LogP contribution in [0.5, 0.6) is 0 Å². The number of hydrogen-bond donors (Lipinski definition) is 2. The van der Waals surface area contributed by atoms with Crippen LogP contribution < -0.4 is 15.5 Å². The van der Waals surface area contributed by atoms with Gasteiger partial charge in [0, 0.05) is 38.2 Å². The Morgan fingerprint density at radius 2 is 1.97 bits per heavy atom. The number of carbonyl (C=O) groups excluding carboxylic acids is 2. The Kier molecular flexibility index (Phi) is 8.80. The molecular weight excluding hydrogens is 492 g/mol. The van der Waals surface area contributed by atoms with Gasteiger partial charge in [-0.25, -0.2) is 9.78 Å². The van der Waals surface area contributed by atoms with E-state index < -0.39 is 0 Å². The Bertz CT molecular complexity index is 1100. The molecule has 2 aromatic rings. The fraction of sp³-hybridized carbons (Fsp3) is 0.640. The number of nitrogens with one attached hydrogen (secondary N) is 2. The lowest BCUT2D eigenvalue weighted by Gasteiger charge is -2.36. The minimum absolute atomic E-state index is 0.136. The van der Waals surface area contributed by atoms with Gasteiger partial charge in [-0.2, -0.15) is 9.97 Å². The largest absolute Gasteiger partial charge is 0.462 e. The second-order valence-electron chi connectivity index (χ2n) is 9.65. The highest BCUT2D eigenvalue weighted by molar-refractivity contribution is 7.17. The molecule has 0 radical (unpaired) electrons. The summed E-state index contributed by atoms with van der Waals surface area (Å²) in [5, 5.41) is 7.20. The zero-order valence-corrected chi connectivity index (χ0v) is 23.2. The smallest absolute Gasteiger partial charge is 0.350 e. The van der Waals surface area contributed by atoms with Gasteiger partial charge in [0.25, 0.3) is 0 Å². The van der Waals surface area contributed by atoms with Crippen molar-refractivity contribution in [3.8, 4) is 0 Å². The predicted octanol–water partition coefficient (Wildman–Crippen LogP) is 3.46. The van der Waals surface area contributed by atoms with Crippen LogP contribution in [0, 0.1) is 6.92 Å². The number of carbonyl (C=O) groups is 2. The summed E-state index contributed by atoms with van der Waals surface area (Å²) in [5.74, 6) is 1.64. The second-order valence-corrected chi connectivity index (χ2v) is 10.7. The van der Waals surface area contributed by atoms with Crippen molar-refractivity contribution in [1.82, 2.24) is 24.8 Å². The molecule has 1 atom stereocenters. The SMILES string of the molecule is CCOC(=O)c1sc(Nc2nc(NC(CC)N3CCCC3=O)cc(N3CCC(N(C)C)CC3)n2)nc1C. The minimum Gasteiger partial charge on any atom is -0.462 e. The number of amides is 1. The molecule has 2 aliphatic heterocycles. The Morgan fingerprint density at radius 3 is 2.59 bits per heavy atom. The average Bonchev–Trinajstić information content (AvgIpc) is 3.47. The van der Waals surface area contributed by atoms with E-state index in [4.69, 9.17) is 14.7 Å². The summed E-state index contributed by atoms with van der Waals surface area (Å²) >= 11 is 1.22. The van der Waals surface area contributed by atoms with Crippen LogP contribution in [0.4, 0.5) is 22.7 Å². The lowest BCUT2D eigenvalue weighted by Crippen LogP contribution is -2.43. The highest BCUT2D eigenvalue weighted by Gasteiger charge is 2.28. The van der Waals surface area contributed by atoms with Crippen molar-refractivity contribution in [2.24, 2.45) is 0 Å². The van der Waals surface area contributed by atoms with Crippen LogP contribution in [-0.4, -0.2) is 89.2 Å². The van der Waals surface area contributed by atoms with E-state index in [9.17, 15) is 9.59 Å². The van der Waals surface area contributed by atoms with Gasteiger partial charge in [-0.05, 0) is 53.6 Å². The van der Waals surface area contributed by atoms with E-state index in [0.717, 1.165) is 51.1 Å². The first-order valence-corrected chi connectivity index (χ1v) is 13.9. The van der Waals surface area contributed by atoms with Gasteiger partial charge in [-0.15, -0.1) is 0 Å². The van der Waals surface area contributed by atoms with Gasteiger partial charge in [0.2, 0.25) is 11.9 Å². The summed E-state index contributed by atoms with van der Waals surface area (Å²) in [5.41, 5.74) is 0.602. The maximum absolute atomic E-state index is 12.4. The Labute approximate surface area is 222 Å². The van der Waals surface area contributed by atoms with E-state index >= 15 is 0 Å². The van der Waals surface area contributed by atoms with E-state index in [1.54, 1.807) is 13.8 Å². The molecule has 1 unspecified atom stereocenters. The first kappa shape index (κ1) is 27.1. The quantitative estimate of drug-likeness (QED) is 0.442. The van der Waals surface area contributed by atoms with Crippen LogP contribution in [0.2, 0.25) is 0 Å². The van der Waals surface area contributed by atoms with Crippen LogP contribution in [0.3, 0.4) is 0 Å². The lowest BCUT2D eigenvalue weighted by atomic mass is 10.0. The molecule has 2 saturated heterocycles. The van der Waals surface area contributed by atoms with Crippen molar-refractivity contribution in [3.05, 3.63) is 16.6 Å². The number of anilines is 4. The lowest BCUT2D eigenvalue weighted by molar-refractivity contribution is -0.129. The van der Waals surface area contributed by atoms with Crippen molar-refractivity contribution < 1.29 is 14.3 Å². The first-order chi connectivity index (χ1) is 17.8. The number of aryl methyl sites for hydroxylation is 1. The number of esters is 1. The molecule has 2 N–H and O–H groups in total. The van der Waals surface area contributed by atoms with Crippen LogP contribution >= 0.6 is 11.3 Å². The zero-order valence-electron chi connectivity index (χ0n) is 22.4. The molecule has 0 bridgehead atoms. The molecule has 2 fully saturated rings. The van der Waals surface area contributed by atoms with E-state index in [-0.39, 0.29) is 18.0 Å². The standard InChI is InChI=1S/C25H38N8O3S/c1-6-19(33-12-8-9-21(33)34)27-18-15-20(32-13-10-17(11-14-32)31(4)5)29-24(28-18)30-25-26-16(3)22(37-25)23(35)36-7-2/h15,17,19H,6-14H2,1-5H3,(H2,26,27,28,29,30). The number of thiazole rings is 1. The Balaban J connectivity index is 1.60. The van der Waals surface area contributed by atoms with Crippen molar-refractivity contribution in [2.45, 2.75) is 65.1 Å². The number of rotatable bonds is 10. The summed E-state index contributed by atoms with van der Waals surface area (Å²) in [6, 6.07) is 2.51. The molecule has 2 aliphatic rings. The van der Waals surface area contributed by atoms with Crippen LogP contribution in [0.1, 0.15) is 61.3 Å². The third-order valence-electron chi connectivity index (χ3n) is 6.89. The molecule has 0 aliphatic carbocycles. The van der Waals surface area contributed by atoms with Crippen molar-refractivity contribution >= 4 is 45.9 Å². The van der Waals surface area contributed by atoms with Gasteiger partial charge < -0.3 is 24.8 Å². The third kappa shape index (κ3) is 6.48. The monoisotopic (exact) mass is 530 g/mol. The molecule has 0 spiro atoms. The fourth-order valence-corrected chi connectivity index (χ4v) is 5.69. The van der Waals surface area contributed by atoms with Gasteiger partial charge in [-0.1, -0.05) is 18.3 Å².